The smallest absolute Gasteiger partial charge is 0.164 e. The zero-order chi connectivity index (χ0) is 40.3. The van der Waals surface area contributed by atoms with Crippen LogP contribution in [0.3, 0.4) is 0 Å². The monoisotopic (exact) mass is 771 g/mol. The van der Waals surface area contributed by atoms with Crippen LogP contribution in [0.25, 0.3) is 101 Å². The topological polar surface area (TPSA) is 153 Å². The van der Waals surface area contributed by atoms with Gasteiger partial charge in [0.15, 0.2) is 34.9 Å². The van der Waals surface area contributed by atoms with Gasteiger partial charge in [0, 0.05) is 93.9 Å². The predicted molar refractivity (Wildman–Crippen MR) is 230 cm³/mol. The fourth-order valence-corrected chi connectivity index (χ4v) is 7.11. The second kappa shape index (κ2) is 15.7. The molecule has 0 saturated carbocycles. The fraction of sp³-hybridized carbons (Fsp3) is 0. The fourth-order valence-electron chi connectivity index (χ4n) is 7.11. The first-order valence-corrected chi connectivity index (χ1v) is 19.0. The predicted octanol–water partition coefficient (Wildman–Crippen LogP) is 10.00. The van der Waals surface area contributed by atoms with Crippen LogP contribution in [0.15, 0.2) is 177 Å². The molecule has 0 radical (unpaired) electrons. The third kappa shape index (κ3) is 6.97. The molecule has 0 unspecified atom stereocenters. The van der Waals surface area contributed by atoms with Crippen molar-refractivity contribution in [3.8, 4) is 96.7 Å². The summed E-state index contributed by atoms with van der Waals surface area (Å²) >= 11 is 0. The van der Waals surface area contributed by atoms with Crippen LogP contribution in [0.1, 0.15) is 5.56 Å². The average molecular weight is 772 g/mol. The van der Waals surface area contributed by atoms with Gasteiger partial charge in [-0.25, -0.2) is 29.9 Å². The maximum Gasteiger partial charge on any atom is 0.164 e. The third-order valence-corrected chi connectivity index (χ3v) is 10.1. The number of nitriles is 1. The Kier molecular flexibility index (Phi) is 9.30. The van der Waals surface area contributed by atoms with Crippen LogP contribution in [-0.2, 0) is 0 Å². The molecule has 4 aromatic carbocycles. The van der Waals surface area contributed by atoms with Gasteiger partial charge >= 0.3 is 0 Å². The van der Waals surface area contributed by atoms with E-state index in [9.17, 15) is 5.26 Å². The van der Waals surface area contributed by atoms with Gasteiger partial charge in [0.1, 0.15) is 6.07 Å². The Bertz CT molecular complexity index is 3060. The molecule has 0 aliphatic rings. The summed E-state index contributed by atoms with van der Waals surface area (Å²) in [5.74, 6) is 3.18. The summed E-state index contributed by atoms with van der Waals surface area (Å²) < 4.78 is 0. The van der Waals surface area contributed by atoms with Gasteiger partial charge in [-0.1, -0.05) is 72.8 Å². The first-order valence-electron chi connectivity index (χ1n) is 19.0. The summed E-state index contributed by atoms with van der Waals surface area (Å²) in [7, 11) is 0. The zero-order valence-corrected chi connectivity index (χ0v) is 31.7. The molecule has 11 nitrogen and oxygen atoms in total. The number of fused-ring (bicyclic) bond motifs is 1. The van der Waals surface area contributed by atoms with E-state index in [1.807, 2.05) is 121 Å². The van der Waals surface area contributed by atoms with Crippen LogP contribution >= 0.6 is 0 Å². The molecule has 0 atom stereocenters. The van der Waals surface area contributed by atoms with Gasteiger partial charge < -0.3 is 0 Å². The lowest BCUT2D eigenvalue weighted by atomic mass is 9.86. The van der Waals surface area contributed by atoms with E-state index in [1.165, 1.54) is 0 Å². The standard InChI is InChI=1S/C49H29N11/c50-30-42-40-4-2-1-3-39(40)29-41(31-5-9-33(10-6-31)44-55-46(35-13-21-51-22-14-35)59-47(56-44)36-15-23-52-24-16-36)43(42)32-7-11-34(12-8-32)45-57-48(37-17-25-53-26-18-37)60-49(58-45)38-19-27-54-28-20-38/h1-29H. The number of pyridine rings is 4. The largest absolute Gasteiger partial charge is 0.265 e. The van der Waals surface area contributed by atoms with Gasteiger partial charge in [0.05, 0.1) is 5.56 Å². The summed E-state index contributed by atoms with van der Waals surface area (Å²) in [6.45, 7) is 0. The van der Waals surface area contributed by atoms with E-state index in [0.29, 0.717) is 40.5 Å². The lowest BCUT2D eigenvalue weighted by Crippen LogP contribution is -2.00. The van der Waals surface area contributed by atoms with Crippen LogP contribution in [0, 0.1) is 11.3 Å². The van der Waals surface area contributed by atoms with Crippen molar-refractivity contribution in [3.63, 3.8) is 0 Å². The minimum atomic E-state index is 0.516. The number of hydrogen-bond acceptors (Lipinski definition) is 11. The Balaban J connectivity index is 1.07. The van der Waals surface area contributed by atoms with Crippen LogP contribution in [0.2, 0.25) is 0 Å². The molecule has 0 aliphatic heterocycles. The van der Waals surface area contributed by atoms with E-state index in [4.69, 9.17) is 29.9 Å². The second-order valence-electron chi connectivity index (χ2n) is 13.7. The molecule has 0 spiro atoms. The van der Waals surface area contributed by atoms with Gasteiger partial charge in [-0.3, -0.25) is 19.9 Å². The Labute approximate surface area is 344 Å². The summed E-state index contributed by atoms with van der Waals surface area (Å²) in [6, 6.07) is 43.8. The second-order valence-corrected chi connectivity index (χ2v) is 13.7. The van der Waals surface area contributed by atoms with Crippen LogP contribution in [-0.4, -0.2) is 49.8 Å². The Morgan fingerprint density at radius 1 is 0.333 bits per heavy atom. The SMILES string of the molecule is N#Cc1c(-c2ccc(-c3nc(-c4ccncc4)nc(-c4ccncc4)n3)cc2)c(-c2ccc(-c3nc(-c4ccncc4)nc(-c4ccncc4)n3)cc2)cc2ccccc12. The molecule has 6 aromatic heterocycles. The molecule has 0 amide bonds. The Hall–Kier alpha value is -8.75. The van der Waals surface area contributed by atoms with Crippen molar-refractivity contribution in [2.75, 3.05) is 0 Å². The highest BCUT2D eigenvalue weighted by Crippen LogP contribution is 2.40. The summed E-state index contributed by atoms with van der Waals surface area (Å²) in [5, 5.41) is 12.6. The van der Waals surface area contributed by atoms with Crippen molar-refractivity contribution in [2.24, 2.45) is 0 Å². The van der Waals surface area contributed by atoms with Crippen molar-refractivity contribution in [2.45, 2.75) is 0 Å². The van der Waals surface area contributed by atoms with Crippen molar-refractivity contribution in [1.82, 2.24) is 49.8 Å². The molecule has 0 N–H and O–H groups in total. The van der Waals surface area contributed by atoms with Gasteiger partial charge in [0.25, 0.3) is 0 Å². The summed E-state index contributed by atoms with van der Waals surface area (Å²) in [4.78, 5) is 45.8. The Morgan fingerprint density at radius 2 is 0.650 bits per heavy atom. The van der Waals surface area contributed by atoms with Crippen molar-refractivity contribution in [3.05, 3.63) is 183 Å². The van der Waals surface area contributed by atoms with E-state index in [-0.39, 0.29) is 0 Å². The lowest BCUT2D eigenvalue weighted by molar-refractivity contribution is 1.07. The first-order chi connectivity index (χ1) is 29.7. The van der Waals surface area contributed by atoms with E-state index in [2.05, 4.69) is 32.1 Å². The van der Waals surface area contributed by atoms with Gasteiger partial charge in [-0.05, 0) is 76.7 Å². The van der Waals surface area contributed by atoms with Gasteiger partial charge in [-0.15, -0.1) is 0 Å². The summed E-state index contributed by atoms with van der Waals surface area (Å²) in [6.07, 6.45) is 13.7. The van der Waals surface area contributed by atoms with Crippen molar-refractivity contribution >= 4 is 10.8 Å². The third-order valence-electron chi connectivity index (χ3n) is 10.1. The molecule has 0 aliphatic carbocycles. The average Bonchev–Trinajstić information content (AvgIpc) is 3.34. The first kappa shape index (κ1) is 35.6. The number of hydrogen-bond donors (Lipinski definition) is 0. The zero-order valence-electron chi connectivity index (χ0n) is 31.7. The number of nitrogens with zero attached hydrogens (tertiary/aromatic N) is 11. The minimum Gasteiger partial charge on any atom is -0.265 e. The number of benzene rings is 4. The maximum atomic E-state index is 10.8. The molecule has 280 valence electrons. The molecule has 10 rings (SSSR count). The van der Waals surface area contributed by atoms with Crippen molar-refractivity contribution in [1.29, 1.82) is 5.26 Å². The molecule has 0 fully saturated rings. The minimum absolute atomic E-state index is 0.516. The molecule has 11 heteroatoms. The maximum absolute atomic E-state index is 10.8. The highest BCUT2D eigenvalue weighted by Gasteiger charge is 2.19. The number of aromatic nitrogens is 10. The molecule has 60 heavy (non-hydrogen) atoms. The van der Waals surface area contributed by atoms with Crippen molar-refractivity contribution < 1.29 is 0 Å². The summed E-state index contributed by atoms with van der Waals surface area (Å²) in [5.41, 5.74) is 9.04. The normalized spacial score (nSPS) is 11.0. The molecule has 0 bridgehead atoms. The van der Waals surface area contributed by atoms with E-state index >= 15 is 0 Å². The van der Waals surface area contributed by atoms with Crippen LogP contribution < -0.4 is 0 Å². The molecule has 0 saturated heterocycles. The number of rotatable bonds is 8. The van der Waals surface area contributed by atoms with Gasteiger partial charge in [0.2, 0.25) is 0 Å². The van der Waals surface area contributed by atoms with Gasteiger partial charge in [-0.2, -0.15) is 5.26 Å². The van der Waals surface area contributed by atoms with E-state index in [0.717, 1.165) is 66.4 Å². The lowest BCUT2D eigenvalue weighted by Gasteiger charge is -2.16. The molecular weight excluding hydrogens is 743 g/mol. The highest BCUT2D eigenvalue weighted by molar-refractivity contribution is 6.02. The highest BCUT2D eigenvalue weighted by atomic mass is 15.0. The van der Waals surface area contributed by atoms with Crippen LogP contribution in [0.4, 0.5) is 0 Å². The van der Waals surface area contributed by atoms with E-state index < -0.39 is 0 Å². The molecular formula is C49H29N11. The molecule has 10 aromatic rings. The van der Waals surface area contributed by atoms with Crippen LogP contribution in [0.5, 0.6) is 0 Å². The molecule has 6 heterocycles. The van der Waals surface area contributed by atoms with E-state index in [1.54, 1.807) is 49.6 Å². The quantitative estimate of drug-likeness (QED) is 0.145. The Morgan fingerprint density at radius 3 is 1.02 bits per heavy atom.